The summed E-state index contributed by atoms with van der Waals surface area (Å²) in [6.07, 6.45) is 4.57. The van der Waals surface area contributed by atoms with E-state index in [1.807, 2.05) is 42.5 Å². The molecule has 0 unspecified atom stereocenters. The number of aromatic nitrogens is 2. The van der Waals surface area contributed by atoms with Gasteiger partial charge in [0.25, 0.3) is 5.56 Å². The zero-order chi connectivity index (χ0) is 19.6. The molecule has 1 aliphatic rings. The van der Waals surface area contributed by atoms with Crippen LogP contribution >= 0.6 is 0 Å². The minimum atomic E-state index is -3.56. The van der Waals surface area contributed by atoms with Crippen molar-refractivity contribution in [3.8, 4) is 0 Å². The summed E-state index contributed by atoms with van der Waals surface area (Å²) in [5.41, 5.74) is 1.35. The molecule has 144 valence electrons. The van der Waals surface area contributed by atoms with E-state index in [2.05, 4.69) is 4.98 Å². The predicted molar refractivity (Wildman–Crippen MR) is 110 cm³/mol. The zero-order valence-corrected chi connectivity index (χ0v) is 16.1. The first-order chi connectivity index (χ1) is 13.5. The molecule has 28 heavy (non-hydrogen) atoms. The average Bonchev–Trinajstić information content (AvgIpc) is 2.74. The Morgan fingerprint density at radius 1 is 1.04 bits per heavy atom. The lowest BCUT2D eigenvalue weighted by molar-refractivity contribution is 0.264. The lowest BCUT2D eigenvalue weighted by Crippen LogP contribution is -2.42. The number of hydrogen-bond donors (Lipinski definition) is 0. The number of piperidine rings is 1. The zero-order valence-electron chi connectivity index (χ0n) is 15.3. The molecule has 2 heterocycles. The fourth-order valence-corrected chi connectivity index (χ4v) is 4.80. The molecule has 1 saturated heterocycles. The van der Waals surface area contributed by atoms with Crippen molar-refractivity contribution in [1.29, 1.82) is 0 Å². The SMILES string of the molecule is O=c1c2ccccc2ncn1[C@@H]1CCCN(S(=O)(=O)/C=C/c2ccccc2)C1. The van der Waals surface area contributed by atoms with E-state index in [0.29, 0.717) is 23.9 Å². The lowest BCUT2D eigenvalue weighted by atomic mass is 10.1. The van der Waals surface area contributed by atoms with Crippen LogP contribution in [0.4, 0.5) is 0 Å². The van der Waals surface area contributed by atoms with E-state index >= 15 is 0 Å². The fourth-order valence-electron chi connectivity index (χ4n) is 3.54. The number of para-hydroxylation sites is 1. The number of benzene rings is 2. The van der Waals surface area contributed by atoms with Gasteiger partial charge in [0, 0.05) is 18.5 Å². The Bertz CT molecular complexity index is 1170. The van der Waals surface area contributed by atoms with Crippen molar-refractivity contribution >= 4 is 27.0 Å². The second-order valence-electron chi connectivity index (χ2n) is 6.89. The quantitative estimate of drug-likeness (QED) is 0.681. The minimum absolute atomic E-state index is 0.130. The second-order valence-corrected chi connectivity index (χ2v) is 8.71. The van der Waals surface area contributed by atoms with Crippen LogP contribution in [-0.4, -0.2) is 35.4 Å². The second kappa shape index (κ2) is 7.69. The minimum Gasteiger partial charge on any atom is -0.294 e. The van der Waals surface area contributed by atoms with E-state index in [1.54, 1.807) is 22.8 Å². The molecular weight excluding hydrogens is 374 g/mol. The monoisotopic (exact) mass is 395 g/mol. The molecule has 1 aromatic heterocycles. The molecule has 0 saturated carbocycles. The van der Waals surface area contributed by atoms with Crippen LogP contribution in [-0.2, 0) is 10.0 Å². The molecule has 0 amide bonds. The van der Waals surface area contributed by atoms with Gasteiger partial charge in [-0.05, 0) is 36.6 Å². The van der Waals surface area contributed by atoms with Gasteiger partial charge in [-0.25, -0.2) is 13.4 Å². The number of rotatable bonds is 4. The largest absolute Gasteiger partial charge is 0.294 e. The Hall–Kier alpha value is -2.77. The first-order valence-electron chi connectivity index (χ1n) is 9.24. The molecule has 1 fully saturated rings. The Morgan fingerprint density at radius 3 is 2.61 bits per heavy atom. The summed E-state index contributed by atoms with van der Waals surface area (Å²) in [4.78, 5) is 17.2. The van der Waals surface area contributed by atoms with Crippen LogP contribution in [0.2, 0.25) is 0 Å². The number of sulfonamides is 1. The highest BCUT2D eigenvalue weighted by molar-refractivity contribution is 7.92. The summed E-state index contributed by atoms with van der Waals surface area (Å²) in [6, 6.07) is 16.3. The molecule has 0 radical (unpaired) electrons. The van der Waals surface area contributed by atoms with Gasteiger partial charge in [-0.2, -0.15) is 4.31 Å². The van der Waals surface area contributed by atoms with Gasteiger partial charge in [0.1, 0.15) is 0 Å². The van der Waals surface area contributed by atoms with E-state index < -0.39 is 10.0 Å². The van der Waals surface area contributed by atoms with E-state index in [4.69, 9.17) is 0 Å². The van der Waals surface area contributed by atoms with E-state index in [0.717, 1.165) is 12.0 Å². The van der Waals surface area contributed by atoms with Crippen molar-refractivity contribution < 1.29 is 8.42 Å². The van der Waals surface area contributed by atoms with Gasteiger partial charge in [0.15, 0.2) is 0 Å². The lowest BCUT2D eigenvalue weighted by Gasteiger charge is -2.32. The van der Waals surface area contributed by atoms with Crippen molar-refractivity contribution in [2.75, 3.05) is 13.1 Å². The molecule has 0 aliphatic carbocycles. The molecule has 7 heteroatoms. The van der Waals surface area contributed by atoms with Gasteiger partial charge in [-0.3, -0.25) is 9.36 Å². The fraction of sp³-hybridized carbons (Fsp3) is 0.238. The Morgan fingerprint density at radius 2 is 1.79 bits per heavy atom. The summed E-state index contributed by atoms with van der Waals surface area (Å²) in [7, 11) is -3.56. The van der Waals surface area contributed by atoms with Crippen molar-refractivity contribution in [3.63, 3.8) is 0 Å². The van der Waals surface area contributed by atoms with Crippen LogP contribution in [0.1, 0.15) is 24.4 Å². The smallest absolute Gasteiger partial charge is 0.261 e. The van der Waals surface area contributed by atoms with Crippen molar-refractivity contribution in [2.24, 2.45) is 0 Å². The average molecular weight is 395 g/mol. The third-order valence-electron chi connectivity index (χ3n) is 5.03. The van der Waals surface area contributed by atoms with Crippen LogP contribution in [0.3, 0.4) is 0 Å². The van der Waals surface area contributed by atoms with Crippen molar-refractivity contribution in [3.05, 3.63) is 82.2 Å². The molecule has 0 bridgehead atoms. The molecule has 3 aromatic rings. The van der Waals surface area contributed by atoms with E-state index in [1.165, 1.54) is 16.0 Å². The third-order valence-corrected chi connectivity index (χ3v) is 6.57. The van der Waals surface area contributed by atoms with Gasteiger partial charge < -0.3 is 0 Å². The highest BCUT2D eigenvalue weighted by Gasteiger charge is 2.29. The topological polar surface area (TPSA) is 72.3 Å². The highest BCUT2D eigenvalue weighted by Crippen LogP contribution is 2.23. The van der Waals surface area contributed by atoms with Crippen LogP contribution < -0.4 is 5.56 Å². The van der Waals surface area contributed by atoms with Crippen LogP contribution in [0, 0.1) is 0 Å². The first kappa shape index (κ1) is 18.6. The molecule has 0 spiro atoms. The summed E-state index contributed by atoms with van der Waals surface area (Å²) in [5, 5.41) is 1.79. The first-order valence-corrected chi connectivity index (χ1v) is 10.7. The molecule has 0 N–H and O–H groups in total. The molecule has 2 aromatic carbocycles. The number of hydrogen-bond acceptors (Lipinski definition) is 4. The molecule has 1 atom stereocenters. The van der Waals surface area contributed by atoms with Gasteiger partial charge in [0.05, 0.1) is 23.3 Å². The van der Waals surface area contributed by atoms with Crippen LogP contribution in [0.15, 0.2) is 71.1 Å². The Balaban J connectivity index is 1.59. The molecular formula is C21H21N3O3S. The number of nitrogens with zero attached hydrogens (tertiary/aromatic N) is 3. The summed E-state index contributed by atoms with van der Waals surface area (Å²) >= 11 is 0. The van der Waals surface area contributed by atoms with E-state index in [-0.39, 0.29) is 18.1 Å². The molecule has 4 rings (SSSR count). The predicted octanol–water partition coefficient (Wildman–Crippen LogP) is 3.03. The van der Waals surface area contributed by atoms with Gasteiger partial charge in [-0.15, -0.1) is 0 Å². The van der Waals surface area contributed by atoms with Gasteiger partial charge >= 0.3 is 0 Å². The van der Waals surface area contributed by atoms with Gasteiger partial charge in [-0.1, -0.05) is 42.5 Å². The van der Waals surface area contributed by atoms with Gasteiger partial charge in [0.2, 0.25) is 10.0 Å². The maximum atomic E-state index is 12.8. The Labute approximate surface area is 163 Å². The third kappa shape index (κ3) is 3.76. The highest BCUT2D eigenvalue weighted by atomic mass is 32.2. The van der Waals surface area contributed by atoms with Crippen molar-refractivity contribution in [1.82, 2.24) is 13.9 Å². The molecule has 6 nitrogen and oxygen atoms in total. The number of fused-ring (bicyclic) bond motifs is 1. The Kier molecular flexibility index (Phi) is 5.11. The molecule has 1 aliphatic heterocycles. The summed E-state index contributed by atoms with van der Waals surface area (Å²) in [6.45, 7) is 0.717. The van der Waals surface area contributed by atoms with Crippen molar-refractivity contribution in [2.45, 2.75) is 18.9 Å². The summed E-state index contributed by atoms with van der Waals surface area (Å²) in [5.74, 6) is 0. The van der Waals surface area contributed by atoms with Crippen LogP contribution in [0.5, 0.6) is 0 Å². The summed E-state index contributed by atoms with van der Waals surface area (Å²) < 4.78 is 28.6. The van der Waals surface area contributed by atoms with Crippen LogP contribution in [0.25, 0.3) is 17.0 Å². The maximum absolute atomic E-state index is 12.8. The maximum Gasteiger partial charge on any atom is 0.261 e. The van der Waals surface area contributed by atoms with E-state index in [9.17, 15) is 13.2 Å². The normalized spacial score (nSPS) is 18.6. The standard InChI is InChI=1S/C21H21N3O3S/c25-21-19-10-4-5-11-20(19)22-16-24(21)18-9-6-13-23(15-18)28(26,27)14-12-17-7-2-1-3-8-17/h1-5,7-8,10-12,14,16,18H,6,9,13,15H2/b14-12+/t18-/m1/s1.